The first-order valence-electron chi connectivity index (χ1n) is 6.40. The summed E-state index contributed by atoms with van der Waals surface area (Å²) in [5, 5.41) is 8.51. The molecule has 1 aromatic heterocycles. The smallest absolute Gasteiger partial charge is 0.236 e. The molecule has 0 aromatic carbocycles. The van der Waals surface area contributed by atoms with E-state index in [4.69, 9.17) is 5.26 Å². The Morgan fingerprint density at radius 2 is 2.26 bits per heavy atom. The van der Waals surface area contributed by atoms with E-state index in [0.29, 0.717) is 26.1 Å². The molecule has 19 heavy (non-hydrogen) atoms. The highest BCUT2D eigenvalue weighted by atomic mass is 16.2. The van der Waals surface area contributed by atoms with Crippen LogP contribution in [-0.4, -0.2) is 47.4 Å². The third-order valence-electron chi connectivity index (χ3n) is 2.90. The molecule has 5 heteroatoms. The summed E-state index contributed by atoms with van der Waals surface area (Å²) in [5.74, 6) is 0.0352. The SMILES string of the molecule is CCN(CC(=O)N(C)CCC#N)Cc1ccccn1. The van der Waals surface area contributed by atoms with E-state index < -0.39 is 0 Å². The van der Waals surface area contributed by atoms with Crippen molar-refractivity contribution >= 4 is 5.91 Å². The molecule has 0 bridgehead atoms. The zero-order valence-corrected chi connectivity index (χ0v) is 11.5. The minimum atomic E-state index is 0.0352. The normalized spacial score (nSPS) is 10.2. The quantitative estimate of drug-likeness (QED) is 0.741. The zero-order valence-electron chi connectivity index (χ0n) is 11.5. The van der Waals surface area contributed by atoms with Gasteiger partial charge in [0.15, 0.2) is 0 Å². The molecule has 0 aliphatic heterocycles. The van der Waals surface area contributed by atoms with E-state index in [1.165, 1.54) is 0 Å². The van der Waals surface area contributed by atoms with Gasteiger partial charge in [0, 0.05) is 26.3 Å². The van der Waals surface area contributed by atoms with Crippen molar-refractivity contribution in [2.75, 3.05) is 26.7 Å². The summed E-state index contributed by atoms with van der Waals surface area (Å²) in [6.45, 7) is 4.31. The van der Waals surface area contributed by atoms with Gasteiger partial charge in [-0.25, -0.2) is 0 Å². The van der Waals surface area contributed by atoms with Crippen LogP contribution in [0.4, 0.5) is 0 Å². The number of rotatable bonds is 7. The molecule has 0 N–H and O–H groups in total. The minimum absolute atomic E-state index is 0.0352. The summed E-state index contributed by atoms with van der Waals surface area (Å²) in [4.78, 5) is 19.9. The van der Waals surface area contributed by atoms with Gasteiger partial charge in [0.1, 0.15) is 0 Å². The Kier molecular flexibility index (Phi) is 6.55. The largest absolute Gasteiger partial charge is 0.344 e. The van der Waals surface area contributed by atoms with Crippen molar-refractivity contribution < 1.29 is 4.79 Å². The van der Waals surface area contributed by atoms with Crippen molar-refractivity contribution in [1.82, 2.24) is 14.8 Å². The Balaban J connectivity index is 2.48. The maximum Gasteiger partial charge on any atom is 0.236 e. The monoisotopic (exact) mass is 260 g/mol. The average Bonchev–Trinajstić information content (AvgIpc) is 2.44. The first-order chi connectivity index (χ1) is 9.17. The molecule has 0 atom stereocenters. The van der Waals surface area contributed by atoms with E-state index in [1.54, 1.807) is 18.1 Å². The van der Waals surface area contributed by atoms with E-state index in [1.807, 2.05) is 36.1 Å². The van der Waals surface area contributed by atoms with Gasteiger partial charge in [0.2, 0.25) is 5.91 Å². The van der Waals surface area contributed by atoms with Crippen LogP contribution in [0.25, 0.3) is 0 Å². The van der Waals surface area contributed by atoms with Crippen LogP contribution in [0.1, 0.15) is 19.0 Å². The van der Waals surface area contributed by atoms with Gasteiger partial charge in [-0.05, 0) is 18.7 Å². The molecular weight excluding hydrogens is 240 g/mol. The number of hydrogen-bond acceptors (Lipinski definition) is 4. The fourth-order valence-corrected chi connectivity index (χ4v) is 1.65. The summed E-state index contributed by atoms with van der Waals surface area (Å²) in [6, 6.07) is 7.81. The summed E-state index contributed by atoms with van der Waals surface area (Å²) in [5.41, 5.74) is 0.955. The molecule has 0 aliphatic rings. The topological polar surface area (TPSA) is 60.2 Å². The number of hydrogen-bond donors (Lipinski definition) is 0. The molecule has 0 fully saturated rings. The molecule has 0 aliphatic carbocycles. The summed E-state index contributed by atoms with van der Waals surface area (Å²) < 4.78 is 0. The second-order valence-electron chi connectivity index (χ2n) is 4.35. The lowest BCUT2D eigenvalue weighted by Gasteiger charge is -2.23. The third-order valence-corrected chi connectivity index (χ3v) is 2.90. The molecule has 0 spiro atoms. The Labute approximate surface area is 114 Å². The maximum atomic E-state index is 12.0. The molecular formula is C14H20N4O. The number of nitrogens with zero attached hydrogens (tertiary/aromatic N) is 4. The second kappa shape index (κ2) is 8.22. The first kappa shape index (κ1) is 15.1. The molecule has 0 radical (unpaired) electrons. The molecule has 5 nitrogen and oxygen atoms in total. The van der Waals surface area contributed by atoms with E-state index in [0.717, 1.165) is 12.2 Å². The van der Waals surface area contributed by atoms with Crippen LogP contribution < -0.4 is 0 Å². The number of carbonyl (C=O) groups is 1. The van der Waals surface area contributed by atoms with Crippen LogP contribution in [0.5, 0.6) is 0 Å². The fourth-order valence-electron chi connectivity index (χ4n) is 1.65. The fraction of sp³-hybridized carbons (Fsp3) is 0.500. The minimum Gasteiger partial charge on any atom is -0.344 e. The zero-order chi connectivity index (χ0) is 14.1. The Bertz CT molecular complexity index is 427. The van der Waals surface area contributed by atoms with Crippen molar-refractivity contribution in [1.29, 1.82) is 5.26 Å². The van der Waals surface area contributed by atoms with E-state index >= 15 is 0 Å². The first-order valence-corrected chi connectivity index (χ1v) is 6.40. The van der Waals surface area contributed by atoms with E-state index in [2.05, 4.69) is 4.98 Å². The number of nitriles is 1. The molecule has 1 aromatic rings. The summed E-state index contributed by atoms with van der Waals surface area (Å²) in [7, 11) is 1.73. The summed E-state index contributed by atoms with van der Waals surface area (Å²) in [6.07, 6.45) is 2.12. The maximum absolute atomic E-state index is 12.0. The van der Waals surface area contributed by atoms with Crippen molar-refractivity contribution in [2.24, 2.45) is 0 Å². The summed E-state index contributed by atoms with van der Waals surface area (Å²) >= 11 is 0. The van der Waals surface area contributed by atoms with Gasteiger partial charge in [-0.2, -0.15) is 5.26 Å². The Morgan fingerprint density at radius 3 is 2.84 bits per heavy atom. The number of amides is 1. The number of carbonyl (C=O) groups excluding carboxylic acids is 1. The highest BCUT2D eigenvalue weighted by Gasteiger charge is 2.13. The molecule has 1 amide bonds. The molecule has 0 saturated carbocycles. The number of likely N-dealkylation sites (N-methyl/N-ethyl adjacent to an activating group) is 2. The van der Waals surface area contributed by atoms with Gasteiger partial charge in [-0.3, -0.25) is 14.7 Å². The average molecular weight is 260 g/mol. The highest BCUT2D eigenvalue weighted by Crippen LogP contribution is 2.01. The standard InChI is InChI=1S/C14H20N4O/c1-3-18(11-13-7-4-5-9-16-13)12-14(19)17(2)10-6-8-15/h4-5,7,9H,3,6,10-12H2,1-2H3. The molecule has 102 valence electrons. The molecule has 1 rings (SSSR count). The van der Waals surface area contributed by atoms with Gasteiger partial charge in [-0.1, -0.05) is 13.0 Å². The van der Waals surface area contributed by atoms with E-state index in [9.17, 15) is 4.79 Å². The van der Waals surface area contributed by atoms with Crippen molar-refractivity contribution in [3.8, 4) is 6.07 Å². The number of aromatic nitrogens is 1. The van der Waals surface area contributed by atoms with Gasteiger partial charge in [-0.15, -0.1) is 0 Å². The lowest BCUT2D eigenvalue weighted by molar-refractivity contribution is -0.131. The van der Waals surface area contributed by atoms with Crippen LogP contribution in [-0.2, 0) is 11.3 Å². The molecule has 0 unspecified atom stereocenters. The van der Waals surface area contributed by atoms with Crippen LogP contribution in [0.15, 0.2) is 24.4 Å². The van der Waals surface area contributed by atoms with Crippen molar-refractivity contribution in [3.63, 3.8) is 0 Å². The lowest BCUT2D eigenvalue weighted by Crippen LogP contribution is -2.38. The Morgan fingerprint density at radius 1 is 1.47 bits per heavy atom. The van der Waals surface area contributed by atoms with Crippen LogP contribution in [0, 0.1) is 11.3 Å². The van der Waals surface area contributed by atoms with Crippen LogP contribution in [0.2, 0.25) is 0 Å². The van der Waals surface area contributed by atoms with Gasteiger partial charge >= 0.3 is 0 Å². The second-order valence-corrected chi connectivity index (χ2v) is 4.35. The lowest BCUT2D eigenvalue weighted by atomic mass is 10.3. The van der Waals surface area contributed by atoms with E-state index in [-0.39, 0.29) is 5.91 Å². The van der Waals surface area contributed by atoms with Crippen molar-refractivity contribution in [3.05, 3.63) is 30.1 Å². The van der Waals surface area contributed by atoms with Gasteiger partial charge in [0.25, 0.3) is 0 Å². The third kappa shape index (κ3) is 5.49. The van der Waals surface area contributed by atoms with Gasteiger partial charge in [0.05, 0.1) is 24.7 Å². The van der Waals surface area contributed by atoms with Crippen molar-refractivity contribution in [2.45, 2.75) is 19.9 Å². The van der Waals surface area contributed by atoms with Gasteiger partial charge < -0.3 is 4.90 Å². The molecule has 1 heterocycles. The Hall–Kier alpha value is -1.93. The molecule has 0 saturated heterocycles. The predicted octanol–water partition coefficient (Wildman–Crippen LogP) is 1.28. The highest BCUT2D eigenvalue weighted by molar-refractivity contribution is 5.77. The predicted molar refractivity (Wildman–Crippen MR) is 73.1 cm³/mol. The van der Waals surface area contributed by atoms with Crippen LogP contribution in [0.3, 0.4) is 0 Å². The van der Waals surface area contributed by atoms with Crippen LogP contribution >= 0.6 is 0 Å². The number of pyridine rings is 1.